The molecule has 0 unspecified atom stereocenters. The second-order valence-corrected chi connectivity index (χ2v) is 4.52. The third-order valence-corrected chi connectivity index (χ3v) is 2.54. The Kier molecular flexibility index (Phi) is 4.35. The van der Waals surface area contributed by atoms with Gasteiger partial charge in [-0.25, -0.2) is 0 Å². The predicted octanol–water partition coefficient (Wildman–Crippen LogP) is 1.33. The van der Waals surface area contributed by atoms with Gasteiger partial charge < -0.3 is 19.9 Å². The molecule has 102 valence electrons. The number of ether oxygens (including phenoxy) is 1. The van der Waals surface area contributed by atoms with Gasteiger partial charge in [0.15, 0.2) is 12.4 Å². The van der Waals surface area contributed by atoms with Crippen LogP contribution >= 0.6 is 0 Å². The van der Waals surface area contributed by atoms with Crippen LogP contribution in [0.3, 0.4) is 0 Å². The van der Waals surface area contributed by atoms with E-state index < -0.39 is 0 Å². The van der Waals surface area contributed by atoms with Crippen molar-refractivity contribution in [2.45, 2.75) is 13.0 Å². The third-order valence-electron chi connectivity index (χ3n) is 2.54. The lowest BCUT2D eigenvalue weighted by Crippen LogP contribution is -2.15. The number of benzene rings is 1. The molecule has 0 radical (unpaired) electrons. The molecule has 0 aliphatic rings. The highest BCUT2D eigenvalue weighted by molar-refractivity contribution is 5.41. The zero-order valence-electron chi connectivity index (χ0n) is 11.2. The molecule has 0 aliphatic heterocycles. The van der Waals surface area contributed by atoms with Crippen molar-refractivity contribution in [1.82, 2.24) is 15.0 Å². The number of hydrogen-bond donors (Lipinski definition) is 1. The summed E-state index contributed by atoms with van der Waals surface area (Å²) in [4.78, 5) is 6.33. The lowest BCUT2D eigenvalue weighted by molar-refractivity contribution is 0.242. The Hall–Kier alpha value is -2.08. The van der Waals surface area contributed by atoms with Crippen LogP contribution in [0.4, 0.5) is 5.69 Å². The van der Waals surface area contributed by atoms with Crippen LogP contribution in [0.2, 0.25) is 0 Å². The van der Waals surface area contributed by atoms with Crippen LogP contribution in [0.5, 0.6) is 5.75 Å². The van der Waals surface area contributed by atoms with Crippen molar-refractivity contribution in [3.63, 3.8) is 0 Å². The molecule has 1 heterocycles. The molecule has 1 aromatic heterocycles. The molecule has 2 rings (SSSR count). The summed E-state index contributed by atoms with van der Waals surface area (Å²) in [5.74, 6) is 1.90. The van der Waals surface area contributed by atoms with Crippen LogP contribution in [0.15, 0.2) is 28.8 Å². The van der Waals surface area contributed by atoms with Crippen LogP contribution in [-0.2, 0) is 13.0 Å². The van der Waals surface area contributed by atoms with Gasteiger partial charge in [0.05, 0.1) is 0 Å². The SMILES string of the molecule is CN(C)CCc1noc(COc2ccc(N)cc2)n1. The molecule has 6 nitrogen and oxygen atoms in total. The van der Waals surface area contributed by atoms with E-state index in [0.717, 1.165) is 18.7 Å². The third kappa shape index (κ3) is 4.26. The summed E-state index contributed by atoms with van der Waals surface area (Å²) < 4.78 is 10.6. The van der Waals surface area contributed by atoms with E-state index in [-0.39, 0.29) is 6.61 Å². The highest BCUT2D eigenvalue weighted by Gasteiger charge is 2.07. The molecule has 2 aromatic rings. The number of nitrogens with two attached hydrogens (primary N) is 1. The molecule has 0 aliphatic carbocycles. The van der Waals surface area contributed by atoms with E-state index in [2.05, 4.69) is 15.0 Å². The first-order valence-corrected chi connectivity index (χ1v) is 6.08. The molecule has 0 bridgehead atoms. The number of aromatic nitrogens is 2. The second kappa shape index (κ2) is 6.19. The van der Waals surface area contributed by atoms with Crippen molar-refractivity contribution in [3.8, 4) is 5.75 Å². The van der Waals surface area contributed by atoms with Gasteiger partial charge >= 0.3 is 0 Å². The fraction of sp³-hybridized carbons (Fsp3) is 0.385. The molecule has 0 fully saturated rings. The van der Waals surface area contributed by atoms with Crippen molar-refractivity contribution in [2.24, 2.45) is 0 Å². The molecular formula is C13H18N4O2. The van der Waals surface area contributed by atoms with E-state index in [9.17, 15) is 0 Å². The Morgan fingerprint density at radius 2 is 2.00 bits per heavy atom. The minimum atomic E-state index is 0.263. The second-order valence-electron chi connectivity index (χ2n) is 4.52. The minimum absolute atomic E-state index is 0.263. The summed E-state index contributed by atoms with van der Waals surface area (Å²) in [7, 11) is 4.01. The van der Waals surface area contributed by atoms with Gasteiger partial charge in [-0.05, 0) is 38.4 Å². The highest BCUT2D eigenvalue weighted by Crippen LogP contribution is 2.14. The zero-order valence-corrected chi connectivity index (χ0v) is 11.2. The lowest BCUT2D eigenvalue weighted by atomic mass is 10.3. The largest absolute Gasteiger partial charge is 0.484 e. The Morgan fingerprint density at radius 1 is 1.26 bits per heavy atom. The summed E-state index contributed by atoms with van der Waals surface area (Å²) in [6.07, 6.45) is 0.762. The molecule has 0 amide bonds. The minimum Gasteiger partial charge on any atom is -0.484 e. The summed E-state index contributed by atoms with van der Waals surface area (Å²) >= 11 is 0. The Balaban J connectivity index is 1.84. The maximum Gasteiger partial charge on any atom is 0.264 e. The van der Waals surface area contributed by atoms with Gasteiger partial charge in [0.25, 0.3) is 5.89 Å². The summed E-state index contributed by atoms with van der Waals surface area (Å²) in [6, 6.07) is 7.18. The lowest BCUT2D eigenvalue weighted by Gasteiger charge is -2.05. The normalized spacial score (nSPS) is 10.9. The Bertz CT molecular complexity index is 508. The van der Waals surface area contributed by atoms with Crippen molar-refractivity contribution >= 4 is 5.69 Å². The smallest absolute Gasteiger partial charge is 0.264 e. The predicted molar refractivity (Wildman–Crippen MR) is 71.7 cm³/mol. The van der Waals surface area contributed by atoms with E-state index in [1.807, 2.05) is 14.1 Å². The monoisotopic (exact) mass is 262 g/mol. The van der Waals surface area contributed by atoms with Gasteiger partial charge in [-0.15, -0.1) is 0 Å². The molecule has 19 heavy (non-hydrogen) atoms. The first-order chi connectivity index (χ1) is 9.13. The number of nitrogens with zero attached hydrogens (tertiary/aromatic N) is 3. The maximum atomic E-state index is 5.59. The number of rotatable bonds is 6. The first-order valence-electron chi connectivity index (χ1n) is 6.08. The number of anilines is 1. The molecular weight excluding hydrogens is 244 g/mol. The Morgan fingerprint density at radius 3 is 2.68 bits per heavy atom. The van der Waals surface area contributed by atoms with Crippen molar-refractivity contribution in [2.75, 3.05) is 26.4 Å². The average molecular weight is 262 g/mol. The quantitative estimate of drug-likeness (QED) is 0.791. The first kappa shape index (κ1) is 13.4. The van der Waals surface area contributed by atoms with Crippen LogP contribution < -0.4 is 10.5 Å². The van der Waals surface area contributed by atoms with E-state index in [4.69, 9.17) is 15.0 Å². The zero-order chi connectivity index (χ0) is 13.7. The van der Waals surface area contributed by atoms with E-state index >= 15 is 0 Å². The van der Waals surface area contributed by atoms with Crippen LogP contribution in [0, 0.1) is 0 Å². The van der Waals surface area contributed by atoms with Crippen LogP contribution in [-0.4, -0.2) is 35.7 Å². The van der Waals surface area contributed by atoms with Gasteiger partial charge in [-0.1, -0.05) is 5.16 Å². The van der Waals surface area contributed by atoms with Gasteiger partial charge in [-0.3, -0.25) is 0 Å². The fourth-order valence-corrected chi connectivity index (χ4v) is 1.48. The van der Waals surface area contributed by atoms with Crippen LogP contribution in [0.1, 0.15) is 11.7 Å². The molecule has 0 saturated heterocycles. The van der Waals surface area contributed by atoms with Gasteiger partial charge in [0.2, 0.25) is 0 Å². The summed E-state index contributed by atoms with van der Waals surface area (Å²) in [5, 5.41) is 3.90. The number of nitrogen functional groups attached to an aromatic ring is 1. The van der Waals surface area contributed by atoms with Gasteiger partial charge in [0, 0.05) is 18.7 Å². The maximum absolute atomic E-state index is 5.59. The van der Waals surface area contributed by atoms with Crippen molar-refractivity contribution < 1.29 is 9.26 Å². The molecule has 0 spiro atoms. The molecule has 0 saturated carbocycles. The van der Waals surface area contributed by atoms with E-state index in [1.165, 1.54) is 0 Å². The average Bonchev–Trinajstić information content (AvgIpc) is 2.84. The van der Waals surface area contributed by atoms with Gasteiger partial charge in [-0.2, -0.15) is 4.98 Å². The Labute approximate surface area is 112 Å². The highest BCUT2D eigenvalue weighted by atomic mass is 16.5. The van der Waals surface area contributed by atoms with E-state index in [1.54, 1.807) is 24.3 Å². The molecule has 6 heteroatoms. The van der Waals surface area contributed by atoms with Crippen molar-refractivity contribution in [1.29, 1.82) is 0 Å². The van der Waals surface area contributed by atoms with Gasteiger partial charge in [0.1, 0.15) is 5.75 Å². The fourth-order valence-electron chi connectivity index (χ4n) is 1.48. The van der Waals surface area contributed by atoms with Crippen molar-refractivity contribution in [3.05, 3.63) is 36.0 Å². The molecule has 0 atom stereocenters. The standard InChI is InChI=1S/C13H18N4O2/c1-17(2)8-7-12-15-13(19-16-12)9-18-11-5-3-10(14)4-6-11/h3-6H,7-9,14H2,1-2H3. The van der Waals surface area contributed by atoms with E-state index in [0.29, 0.717) is 17.4 Å². The molecule has 2 N–H and O–H groups in total. The number of hydrogen-bond acceptors (Lipinski definition) is 6. The van der Waals surface area contributed by atoms with Crippen LogP contribution in [0.25, 0.3) is 0 Å². The summed E-state index contributed by atoms with van der Waals surface area (Å²) in [6.45, 7) is 1.15. The topological polar surface area (TPSA) is 77.4 Å². The molecule has 1 aromatic carbocycles. The summed E-state index contributed by atoms with van der Waals surface area (Å²) in [5.41, 5.74) is 6.30. The number of likely N-dealkylation sites (N-methyl/N-ethyl adjacent to an activating group) is 1.